The van der Waals surface area contributed by atoms with Gasteiger partial charge in [-0.1, -0.05) is 44.0 Å². The second-order valence-corrected chi connectivity index (χ2v) is 6.10. The van der Waals surface area contributed by atoms with Gasteiger partial charge in [0.1, 0.15) is 0 Å². The molecule has 0 saturated carbocycles. The van der Waals surface area contributed by atoms with Crippen LogP contribution in [0.5, 0.6) is 0 Å². The molecule has 1 rings (SSSR count). The number of hydrogen-bond donors (Lipinski definition) is 1. The predicted molar refractivity (Wildman–Crippen MR) is 92.2 cm³/mol. The molecule has 0 aliphatic heterocycles. The molecule has 1 aromatic rings. The van der Waals surface area contributed by atoms with Crippen LogP contribution in [0.4, 0.5) is 0 Å². The number of benzene rings is 1. The van der Waals surface area contributed by atoms with Crippen LogP contribution in [0.15, 0.2) is 24.3 Å². The fourth-order valence-electron chi connectivity index (χ4n) is 2.35. The maximum atomic E-state index is 6.08. The molecule has 2 nitrogen and oxygen atoms in total. The van der Waals surface area contributed by atoms with Crippen molar-refractivity contribution in [2.24, 2.45) is 5.92 Å². The number of hydrogen-bond acceptors (Lipinski definition) is 2. The molecule has 0 bridgehead atoms. The number of unbranched alkanes of at least 4 members (excludes halogenated alkanes) is 1. The van der Waals surface area contributed by atoms with Crippen molar-refractivity contribution in [3.05, 3.63) is 34.9 Å². The molecule has 21 heavy (non-hydrogen) atoms. The van der Waals surface area contributed by atoms with Gasteiger partial charge in [0.2, 0.25) is 0 Å². The highest BCUT2D eigenvalue weighted by Crippen LogP contribution is 2.16. The van der Waals surface area contributed by atoms with Gasteiger partial charge >= 0.3 is 0 Å². The molecule has 0 amide bonds. The Hall–Kier alpha value is -0.570. The summed E-state index contributed by atoms with van der Waals surface area (Å²) in [5, 5.41) is 4.36. The van der Waals surface area contributed by atoms with Crippen molar-refractivity contribution in [3.8, 4) is 0 Å². The molecular formula is C18H30ClNO. The lowest BCUT2D eigenvalue weighted by Crippen LogP contribution is -2.26. The van der Waals surface area contributed by atoms with E-state index in [4.69, 9.17) is 16.3 Å². The molecule has 0 radical (unpaired) electrons. The van der Waals surface area contributed by atoms with Crippen LogP contribution in [0.3, 0.4) is 0 Å². The lowest BCUT2D eigenvalue weighted by Gasteiger charge is -2.18. The molecule has 1 atom stereocenters. The van der Waals surface area contributed by atoms with Crippen molar-refractivity contribution in [1.82, 2.24) is 5.32 Å². The molecule has 0 aliphatic carbocycles. The zero-order chi connectivity index (χ0) is 15.3. The minimum Gasteiger partial charge on any atom is -0.381 e. The molecule has 0 aromatic heterocycles. The van der Waals surface area contributed by atoms with Crippen LogP contribution in [0, 0.1) is 5.92 Å². The first-order chi connectivity index (χ1) is 10.3. The molecule has 0 spiro atoms. The maximum Gasteiger partial charge on any atom is 0.0469 e. The van der Waals surface area contributed by atoms with E-state index in [1.54, 1.807) is 0 Å². The maximum absolute atomic E-state index is 6.08. The first-order valence-corrected chi connectivity index (χ1v) is 8.67. The van der Waals surface area contributed by atoms with Crippen molar-refractivity contribution in [3.63, 3.8) is 0 Å². The van der Waals surface area contributed by atoms with Gasteiger partial charge in [-0.3, -0.25) is 0 Å². The summed E-state index contributed by atoms with van der Waals surface area (Å²) in [6.45, 7) is 8.29. The topological polar surface area (TPSA) is 21.3 Å². The van der Waals surface area contributed by atoms with Gasteiger partial charge in [0, 0.05) is 18.2 Å². The Labute approximate surface area is 135 Å². The van der Waals surface area contributed by atoms with Gasteiger partial charge in [0.25, 0.3) is 0 Å². The Morgan fingerprint density at radius 2 is 2.05 bits per heavy atom. The average molecular weight is 312 g/mol. The van der Waals surface area contributed by atoms with Crippen molar-refractivity contribution in [2.75, 3.05) is 26.3 Å². The van der Waals surface area contributed by atoms with E-state index in [2.05, 4.69) is 31.3 Å². The van der Waals surface area contributed by atoms with E-state index < -0.39 is 0 Å². The molecule has 1 N–H and O–H groups in total. The minimum absolute atomic E-state index is 0.608. The third kappa shape index (κ3) is 9.13. The van der Waals surface area contributed by atoms with Crippen LogP contribution in [0.25, 0.3) is 0 Å². The van der Waals surface area contributed by atoms with Gasteiger partial charge in [0.15, 0.2) is 0 Å². The number of nitrogens with one attached hydrogen (secondary N) is 1. The van der Waals surface area contributed by atoms with Crippen LogP contribution in [-0.4, -0.2) is 26.3 Å². The van der Waals surface area contributed by atoms with Crippen molar-refractivity contribution < 1.29 is 4.74 Å². The Morgan fingerprint density at radius 1 is 1.19 bits per heavy atom. The fourth-order valence-corrected chi connectivity index (χ4v) is 2.57. The SMILES string of the molecule is CCCCOCCC(CNCCC)Cc1cccc(Cl)c1. The smallest absolute Gasteiger partial charge is 0.0469 e. The lowest BCUT2D eigenvalue weighted by atomic mass is 9.96. The molecule has 0 aliphatic rings. The van der Waals surface area contributed by atoms with Gasteiger partial charge < -0.3 is 10.1 Å². The van der Waals surface area contributed by atoms with Crippen LogP contribution in [0.1, 0.15) is 45.1 Å². The van der Waals surface area contributed by atoms with E-state index in [0.29, 0.717) is 5.92 Å². The molecule has 1 aromatic carbocycles. The van der Waals surface area contributed by atoms with Gasteiger partial charge in [-0.2, -0.15) is 0 Å². The standard InChI is InChI=1S/C18H30ClNO/c1-3-5-11-21-12-9-17(15-20-10-4-2)13-16-7-6-8-18(19)14-16/h6-8,14,17,20H,3-5,9-13,15H2,1-2H3. The van der Waals surface area contributed by atoms with E-state index in [1.165, 1.54) is 18.4 Å². The highest BCUT2D eigenvalue weighted by Gasteiger charge is 2.10. The summed E-state index contributed by atoms with van der Waals surface area (Å²) in [5.41, 5.74) is 1.32. The van der Waals surface area contributed by atoms with Crippen LogP contribution in [0.2, 0.25) is 5.02 Å². The third-order valence-corrected chi connectivity index (χ3v) is 3.82. The molecule has 0 saturated heterocycles. The summed E-state index contributed by atoms with van der Waals surface area (Å²) in [4.78, 5) is 0. The zero-order valence-electron chi connectivity index (χ0n) is 13.5. The average Bonchev–Trinajstić information content (AvgIpc) is 2.47. The summed E-state index contributed by atoms with van der Waals surface area (Å²) in [5.74, 6) is 0.608. The van der Waals surface area contributed by atoms with Crippen molar-refractivity contribution >= 4 is 11.6 Å². The van der Waals surface area contributed by atoms with E-state index in [1.807, 2.05) is 12.1 Å². The largest absolute Gasteiger partial charge is 0.381 e. The Morgan fingerprint density at radius 3 is 2.76 bits per heavy atom. The van der Waals surface area contributed by atoms with E-state index in [0.717, 1.165) is 50.6 Å². The van der Waals surface area contributed by atoms with Gasteiger partial charge in [-0.25, -0.2) is 0 Å². The Kier molecular flexibility index (Phi) is 10.6. The highest BCUT2D eigenvalue weighted by atomic mass is 35.5. The summed E-state index contributed by atoms with van der Waals surface area (Å²) in [6.07, 6.45) is 5.70. The first kappa shape index (κ1) is 18.5. The molecule has 0 heterocycles. The summed E-state index contributed by atoms with van der Waals surface area (Å²) in [6, 6.07) is 8.21. The zero-order valence-corrected chi connectivity index (χ0v) is 14.3. The van der Waals surface area contributed by atoms with E-state index in [9.17, 15) is 0 Å². The van der Waals surface area contributed by atoms with Gasteiger partial charge in [-0.05, 0) is 62.4 Å². The van der Waals surface area contributed by atoms with Crippen molar-refractivity contribution in [1.29, 1.82) is 0 Å². The minimum atomic E-state index is 0.608. The molecule has 3 heteroatoms. The van der Waals surface area contributed by atoms with Crippen LogP contribution >= 0.6 is 11.6 Å². The van der Waals surface area contributed by atoms with Crippen LogP contribution in [-0.2, 0) is 11.2 Å². The molecule has 120 valence electrons. The quantitative estimate of drug-likeness (QED) is 0.565. The fraction of sp³-hybridized carbons (Fsp3) is 0.667. The molecular weight excluding hydrogens is 282 g/mol. The Bertz CT molecular complexity index is 370. The monoisotopic (exact) mass is 311 g/mol. The van der Waals surface area contributed by atoms with E-state index >= 15 is 0 Å². The van der Waals surface area contributed by atoms with Gasteiger partial charge in [0.05, 0.1) is 0 Å². The van der Waals surface area contributed by atoms with Crippen LogP contribution < -0.4 is 5.32 Å². The first-order valence-electron chi connectivity index (χ1n) is 8.29. The third-order valence-electron chi connectivity index (χ3n) is 3.59. The normalized spacial score (nSPS) is 12.5. The summed E-state index contributed by atoms with van der Waals surface area (Å²) >= 11 is 6.08. The molecule has 0 fully saturated rings. The number of rotatable bonds is 12. The number of halogens is 1. The predicted octanol–water partition coefficient (Wildman–Crippen LogP) is 4.71. The second-order valence-electron chi connectivity index (χ2n) is 5.66. The lowest BCUT2D eigenvalue weighted by molar-refractivity contribution is 0.117. The van der Waals surface area contributed by atoms with E-state index in [-0.39, 0.29) is 0 Å². The summed E-state index contributed by atoms with van der Waals surface area (Å²) in [7, 11) is 0. The Balaban J connectivity index is 2.39. The molecule has 1 unspecified atom stereocenters. The number of ether oxygens (including phenoxy) is 1. The van der Waals surface area contributed by atoms with Gasteiger partial charge in [-0.15, -0.1) is 0 Å². The summed E-state index contributed by atoms with van der Waals surface area (Å²) < 4.78 is 5.72. The second kappa shape index (κ2) is 12.0. The van der Waals surface area contributed by atoms with Crippen molar-refractivity contribution in [2.45, 2.75) is 46.0 Å². The highest BCUT2D eigenvalue weighted by molar-refractivity contribution is 6.30.